The number of rotatable bonds is 9. The fourth-order valence-corrected chi connectivity index (χ4v) is 19.7. The standard InChI is InChI=1S/C39H29N3.C38H28N4.C38H27N3O/c1-26-27(2)39(37-20-10-12-22-40-37,38-21-11-13-23-41-38)34-24-33-30-17-7-6-16-29(30)31-18-8-9-19-35(31)42(36(33)25-32(26)34)28-14-4-3-5-15-28;1-38(2)32-20-12-11-19-30(32)28-17-9-10-18-29(28)31-24-34-27(23-33(31)38)21-22-42(34)37-40-35(25-13-5-3-6-14-25)39-36(41-37)26-15-7-4-8-16-26;1-38(2)31-20-25(34-23-35(33-14-8-9-18-39-33)41-37(40-34)24-10-4-3-5-11-24)15-16-29(31)27-12-6-7-13-28(27)30-22-36-26(17-19-42-36)21-32(30)38/h3-25H,1-2H3;3-24H,1-2H3;3-23H,1-2H3. The third-order valence-electron chi connectivity index (χ3n) is 26.0. The third-order valence-corrected chi connectivity index (χ3v) is 26.0. The summed E-state index contributed by atoms with van der Waals surface area (Å²) in [4.78, 5) is 41.9. The summed E-state index contributed by atoms with van der Waals surface area (Å²) in [5.41, 5.74) is 37.7. The van der Waals surface area contributed by atoms with E-state index in [1.807, 2.05) is 140 Å². The zero-order chi connectivity index (χ0) is 84.8. The van der Waals surface area contributed by atoms with E-state index in [0.29, 0.717) is 23.4 Å². The van der Waals surface area contributed by atoms with Crippen molar-refractivity contribution in [2.75, 3.05) is 4.90 Å². The molecule has 600 valence electrons. The van der Waals surface area contributed by atoms with E-state index >= 15 is 0 Å². The van der Waals surface area contributed by atoms with E-state index in [1.165, 1.54) is 123 Å². The molecule has 0 spiro atoms. The van der Waals surface area contributed by atoms with Crippen LogP contribution in [0.15, 0.2) is 411 Å². The molecular formula is C115H84N10O. The summed E-state index contributed by atoms with van der Waals surface area (Å²) in [6.07, 6.45) is 9.44. The maximum absolute atomic E-state index is 5.84. The van der Waals surface area contributed by atoms with E-state index < -0.39 is 5.41 Å². The molecule has 0 saturated heterocycles. The number of nitrogens with zero attached hydrogens (tertiary/aromatic N) is 10. The number of anilines is 3. The van der Waals surface area contributed by atoms with Crippen molar-refractivity contribution in [2.24, 2.45) is 0 Å². The van der Waals surface area contributed by atoms with Gasteiger partial charge in [-0.2, -0.15) is 9.97 Å². The van der Waals surface area contributed by atoms with Crippen molar-refractivity contribution >= 4 is 44.5 Å². The maximum atomic E-state index is 5.84. The number of fused-ring (bicyclic) bond motifs is 18. The number of furan rings is 1. The molecule has 1 aliphatic heterocycles. The minimum absolute atomic E-state index is 0.185. The Bertz CT molecular complexity index is 7500. The molecular weight excluding hydrogens is 1540 g/mol. The minimum Gasteiger partial charge on any atom is -0.464 e. The maximum Gasteiger partial charge on any atom is 0.238 e. The molecule has 0 atom stereocenters. The summed E-state index contributed by atoms with van der Waals surface area (Å²) in [7, 11) is 0. The molecule has 8 heterocycles. The monoisotopic (exact) mass is 1620 g/mol. The lowest BCUT2D eigenvalue weighted by atomic mass is 9.71. The van der Waals surface area contributed by atoms with Crippen LogP contribution in [0.3, 0.4) is 0 Å². The molecule has 11 nitrogen and oxygen atoms in total. The highest BCUT2D eigenvalue weighted by atomic mass is 16.3. The zero-order valence-corrected chi connectivity index (χ0v) is 70.5. The number of hydrogen-bond acceptors (Lipinski definition) is 10. The number of para-hydroxylation sites is 2. The van der Waals surface area contributed by atoms with Gasteiger partial charge in [0.25, 0.3) is 0 Å². The average Bonchev–Trinajstić information content (AvgIpc) is 1.53. The second-order valence-corrected chi connectivity index (χ2v) is 33.8. The highest BCUT2D eigenvalue weighted by Gasteiger charge is 2.49. The lowest BCUT2D eigenvalue weighted by molar-refractivity contribution is 0.614. The first-order valence-electron chi connectivity index (χ1n) is 42.9. The summed E-state index contributed by atoms with van der Waals surface area (Å²) in [6, 6.07) is 130. The van der Waals surface area contributed by atoms with Gasteiger partial charge in [0.05, 0.1) is 51.6 Å². The summed E-state index contributed by atoms with van der Waals surface area (Å²) in [6.45, 7) is 13.8. The van der Waals surface area contributed by atoms with Crippen molar-refractivity contribution in [3.63, 3.8) is 0 Å². The molecule has 24 rings (SSSR count). The van der Waals surface area contributed by atoms with Crippen molar-refractivity contribution in [3.05, 3.63) is 451 Å². The van der Waals surface area contributed by atoms with Crippen molar-refractivity contribution in [2.45, 2.75) is 57.8 Å². The average molecular weight is 1620 g/mol. The molecule has 20 aromatic rings. The fraction of sp³-hybridized carbons (Fsp3) is 0.0783. The molecule has 0 N–H and O–H groups in total. The Hall–Kier alpha value is -16.0. The van der Waals surface area contributed by atoms with Crippen LogP contribution < -0.4 is 4.90 Å². The number of allylic oxidation sites excluding steroid dienone is 2. The molecule has 4 aliphatic rings. The van der Waals surface area contributed by atoms with E-state index in [2.05, 4.69) is 305 Å². The van der Waals surface area contributed by atoms with Crippen LogP contribution in [0.4, 0.5) is 17.1 Å². The van der Waals surface area contributed by atoms with Gasteiger partial charge in [-0.15, -0.1) is 0 Å². The third kappa shape index (κ3) is 12.8. The summed E-state index contributed by atoms with van der Waals surface area (Å²) in [5.74, 6) is 2.58. The predicted molar refractivity (Wildman–Crippen MR) is 512 cm³/mol. The molecule has 0 amide bonds. The molecule has 7 aromatic heterocycles. The predicted octanol–water partition coefficient (Wildman–Crippen LogP) is 28.5. The Morgan fingerprint density at radius 1 is 0.286 bits per heavy atom. The number of benzene rings is 13. The second kappa shape index (κ2) is 30.9. The Balaban J connectivity index is 0.000000112. The van der Waals surface area contributed by atoms with E-state index in [-0.39, 0.29) is 10.8 Å². The van der Waals surface area contributed by atoms with Gasteiger partial charge in [-0.05, 0) is 229 Å². The summed E-state index contributed by atoms with van der Waals surface area (Å²) >= 11 is 0. The van der Waals surface area contributed by atoms with E-state index in [1.54, 1.807) is 12.5 Å². The Morgan fingerprint density at radius 3 is 1.36 bits per heavy atom. The number of aromatic nitrogens is 9. The van der Waals surface area contributed by atoms with Crippen LogP contribution in [0.1, 0.15) is 86.3 Å². The molecule has 0 bridgehead atoms. The summed E-state index contributed by atoms with van der Waals surface area (Å²) < 4.78 is 7.94. The topological polar surface area (TPSA) is 124 Å². The van der Waals surface area contributed by atoms with Gasteiger partial charge >= 0.3 is 0 Å². The van der Waals surface area contributed by atoms with Crippen LogP contribution in [0.5, 0.6) is 0 Å². The van der Waals surface area contributed by atoms with Gasteiger partial charge in [-0.1, -0.05) is 282 Å². The fourth-order valence-electron chi connectivity index (χ4n) is 19.7. The van der Waals surface area contributed by atoms with Crippen molar-refractivity contribution in [1.82, 2.24) is 44.4 Å². The first-order valence-corrected chi connectivity index (χ1v) is 42.9. The molecule has 0 saturated carbocycles. The van der Waals surface area contributed by atoms with E-state index in [9.17, 15) is 0 Å². The lowest BCUT2D eigenvalue weighted by Gasteiger charge is -2.33. The molecule has 0 radical (unpaired) electrons. The smallest absolute Gasteiger partial charge is 0.238 e. The molecule has 13 aromatic carbocycles. The van der Waals surface area contributed by atoms with Gasteiger partial charge in [0, 0.05) is 85.5 Å². The largest absolute Gasteiger partial charge is 0.464 e. The van der Waals surface area contributed by atoms with Crippen LogP contribution in [0, 0.1) is 0 Å². The van der Waals surface area contributed by atoms with Crippen LogP contribution in [-0.4, -0.2) is 44.4 Å². The number of pyridine rings is 3. The zero-order valence-electron chi connectivity index (χ0n) is 70.5. The molecule has 11 heteroatoms. The van der Waals surface area contributed by atoms with Gasteiger partial charge in [-0.25, -0.2) is 15.0 Å². The highest BCUT2D eigenvalue weighted by molar-refractivity contribution is 6.05. The second-order valence-electron chi connectivity index (χ2n) is 33.8. The number of hydrogen-bond donors (Lipinski definition) is 0. The van der Waals surface area contributed by atoms with Crippen LogP contribution in [-0.2, 0) is 16.2 Å². The van der Waals surface area contributed by atoms with Crippen LogP contribution in [0.25, 0.3) is 157 Å². The molecule has 126 heavy (non-hydrogen) atoms. The van der Waals surface area contributed by atoms with E-state index in [4.69, 9.17) is 39.3 Å². The van der Waals surface area contributed by atoms with Crippen LogP contribution in [0.2, 0.25) is 0 Å². The molecule has 0 fully saturated rings. The van der Waals surface area contributed by atoms with Crippen molar-refractivity contribution in [3.8, 4) is 130 Å². The van der Waals surface area contributed by atoms with Crippen molar-refractivity contribution < 1.29 is 4.42 Å². The minimum atomic E-state index is -0.595. The quantitative estimate of drug-likeness (QED) is 0.138. The highest BCUT2D eigenvalue weighted by Crippen LogP contribution is 2.60. The first-order chi connectivity index (χ1) is 61.8. The van der Waals surface area contributed by atoms with Gasteiger partial charge in [0.1, 0.15) is 11.0 Å². The van der Waals surface area contributed by atoms with Crippen molar-refractivity contribution in [1.29, 1.82) is 0 Å². The van der Waals surface area contributed by atoms with Gasteiger partial charge in [-0.3, -0.25) is 19.5 Å². The SMILES string of the molecule is CC1(C)c2cc(-c3cc(-c4ccccn4)nc(-c4ccccc4)n3)ccc2-c2ccccc2-c2cc3occc3cc21.CC1(C)c2ccccc2-c2ccccc2-c2cc3c(ccn3-c3nc(-c4ccccc4)nc(-c4ccccc4)n3)cc21.CC1=C(C)C(c2ccccn2)(c2ccccn2)c2cc3c(cc21)N(c1ccccc1)c1ccccc1-c1ccccc1-3. The molecule has 0 unspecified atom stereocenters. The van der Waals surface area contributed by atoms with Gasteiger partial charge in [0.15, 0.2) is 17.5 Å². The van der Waals surface area contributed by atoms with E-state index in [0.717, 1.165) is 78.3 Å². The summed E-state index contributed by atoms with van der Waals surface area (Å²) in [5, 5.41) is 2.27. The Morgan fingerprint density at radius 2 is 0.762 bits per heavy atom. The lowest BCUT2D eigenvalue weighted by Crippen LogP contribution is -2.31. The first kappa shape index (κ1) is 76.2. The Labute approximate surface area is 732 Å². The van der Waals surface area contributed by atoms with Gasteiger partial charge < -0.3 is 9.32 Å². The van der Waals surface area contributed by atoms with Gasteiger partial charge in [0.2, 0.25) is 5.95 Å². The Kier molecular flexibility index (Phi) is 18.7. The van der Waals surface area contributed by atoms with Crippen LogP contribution >= 0.6 is 0 Å². The molecule has 3 aliphatic carbocycles. The normalized spacial score (nSPS) is 13.6.